The van der Waals surface area contributed by atoms with Crippen molar-refractivity contribution >= 4 is 27.0 Å². The van der Waals surface area contributed by atoms with Gasteiger partial charge in [-0.1, -0.05) is 37.3 Å². The van der Waals surface area contributed by atoms with E-state index in [1.165, 1.54) is 4.31 Å². The van der Waals surface area contributed by atoms with Gasteiger partial charge < -0.3 is 5.32 Å². The molecule has 0 radical (unpaired) electrons. The van der Waals surface area contributed by atoms with Gasteiger partial charge in [0, 0.05) is 39.1 Å². The van der Waals surface area contributed by atoms with Crippen LogP contribution in [-0.2, 0) is 27.9 Å². The van der Waals surface area contributed by atoms with Crippen molar-refractivity contribution in [2.24, 2.45) is 5.92 Å². The Labute approximate surface area is 200 Å². The fourth-order valence-electron chi connectivity index (χ4n) is 4.58. The quantitative estimate of drug-likeness (QED) is 0.505. The molecule has 0 unspecified atom stereocenters. The van der Waals surface area contributed by atoms with Crippen molar-refractivity contribution in [2.45, 2.75) is 50.6 Å². The molecule has 2 heterocycles. The molecule has 1 aliphatic heterocycles. The van der Waals surface area contributed by atoms with E-state index in [0.29, 0.717) is 50.5 Å². The number of carbonyl (C=O) groups is 1. The van der Waals surface area contributed by atoms with Crippen molar-refractivity contribution in [3.05, 3.63) is 65.1 Å². The molecule has 0 atom stereocenters. The first kappa shape index (κ1) is 24.2. The number of nitrogens with one attached hydrogen (secondary N) is 1. The fraction of sp³-hybridized carbons (Fsp3) is 0.440. The predicted octanol–water partition coefficient (Wildman–Crippen LogP) is 2.82. The topological polar surface area (TPSA) is 93.4 Å². The van der Waals surface area contributed by atoms with Gasteiger partial charge in [0.2, 0.25) is 15.9 Å². The maximum Gasteiger partial charge on any atom is 0.329 e. The van der Waals surface area contributed by atoms with Crippen molar-refractivity contribution in [1.29, 1.82) is 0 Å². The molecule has 3 aromatic rings. The van der Waals surface area contributed by atoms with Crippen LogP contribution in [0.1, 0.15) is 32.6 Å². The first-order valence-corrected chi connectivity index (χ1v) is 13.4. The lowest BCUT2D eigenvalue weighted by Gasteiger charge is -2.31. The standard InChI is InChI=1S/C25H32N4O4S/c1-2-15-28-22-10-6-7-11-23(22)29(25(28)31)18-14-24(30)26-19-20-12-16-27(17-13-20)34(32,33)21-8-4-3-5-9-21/h3-11,20H,2,12-19H2,1H3,(H,26,30). The predicted molar refractivity (Wildman–Crippen MR) is 132 cm³/mol. The van der Waals surface area contributed by atoms with Crippen molar-refractivity contribution in [3.63, 3.8) is 0 Å². The minimum absolute atomic E-state index is 0.0807. The second-order valence-corrected chi connectivity index (χ2v) is 10.7. The van der Waals surface area contributed by atoms with Gasteiger partial charge in [-0.15, -0.1) is 0 Å². The van der Waals surface area contributed by atoms with Crippen molar-refractivity contribution < 1.29 is 13.2 Å². The Bertz CT molecular complexity index is 1290. The molecular formula is C25H32N4O4S. The molecule has 0 bridgehead atoms. The zero-order chi connectivity index (χ0) is 24.1. The van der Waals surface area contributed by atoms with Crippen LogP contribution in [-0.4, -0.2) is 47.4 Å². The molecular weight excluding hydrogens is 452 g/mol. The molecule has 34 heavy (non-hydrogen) atoms. The van der Waals surface area contributed by atoms with Crippen molar-refractivity contribution in [3.8, 4) is 0 Å². The molecule has 9 heteroatoms. The van der Waals surface area contributed by atoms with Gasteiger partial charge in [-0.05, 0) is 49.4 Å². The van der Waals surface area contributed by atoms with Gasteiger partial charge in [-0.3, -0.25) is 13.9 Å². The monoisotopic (exact) mass is 484 g/mol. The second kappa shape index (κ2) is 10.6. The van der Waals surface area contributed by atoms with Gasteiger partial charge in [0.15, 0.2) is 0 Å². The van der Waals surface area contributed by atoms with E-state index in [2.05, 4.69) is 5.32 Å². The van der Waals surface area contributed by atoms with E-state index in [0.717, 1.165) is 17.5 Å². The van der Waals surface area contributed by atoms with E-state index in [1.54, 1.807) is 39.5 Å². The second-order valence-electron chi connectivity index (χ2n) is 8.79. The summed E-state index contributed by atoms with van der Waals surface area (Å²) in [5, 5.41) is 2.98. The maximum atomic E-state index is 12.9. The zero-order valence-electron chi connectivity index (χ0n) is 19.5. The van der Waals surface area contributed by atoms with Crippen LogP contribution in [0.25, 0.3) is 11.0 Å². The molecule has 4 rings (SSSR count). The van der Waals surface area contributed by atoms with Crippen LogP contribution in [0.2, 0.25) is 0 Å². The van der Waals surface area contributed by atoms with Crippen LogP contribution in [0, 0.1) is 5.92 Å². The number of imidazole rings is 1. The number of aryl methyl sites for hydroxylation is 2. The number of carbonyl (C=O) groups excluding carboxylic acids is 1. The summed E-state index contributed by atoms with van der Waals surface area (Å²) in [5.41, 5.74) is 1.66. The first-order valence-electron chi connectivity index (χ1n) is 11.9. The summed E-state index contributed by atoms with van der Waals surface area (Å²) >= 11 is 0. The lowest BCUT2D eigenvalue weighted by atomic mass is 9.98. The molecule has 1 aliphatic rings. The summed E-state index contributed by atoms with van der Waals surface area (Å²) in [6, 6.07) is 16.2. The van der Waals surface area contributed by atoms with Gasteiger partial charge in [-0.2, -0.15) is 4.31 Å². The Hall–Kier alpha value is -2.91. The maximum absolute atomic E-state index is 12.9. The molecule has 182 valence electrons. The number of piperidine rings is 1. The summed E-state index contributed by atoms with van der Waals surface area (Å²) in [6.07, 6.45) is 2.49. The first-order chi connectivity index (χ1) is 16.4. The van der Waals surface area contributed by atoms with Crippen LogP contribution in [0.3, 0.4) is 0 Å². The highest BCUT2D eigenvalue weighted by Crippen LogP contribution is 2.23. The largest absolute Gasteiger partial charge is 0.356 e. The molecule has 1 N–H and O–H groups in total. The summed E-state index contributed by atoms with van der Waals surface area (Å²) in [4.78, 5) is 25.7. The Morgan fingerprint density at radius 2 is 1.53 bits per heavy atom. The number of sulfonamides is 1. The number of benzene rings is 2. The molecule has 1 saturated heterocycles. The average Bonchev–Trinajstić information content (AvgIpc) is 3.13. The molecule has 1 fully saturated rings. The van der Waals surface area contributed by atoms with E-state index < -0.39 is 10.0 Å². The van der Waals surface area contributed by atoms with Crippen LogP contribution < -0.4 is 11.0 Å². The van der Waals surface area contributed by atoms with Crippen molar-refractivity contribution in [1.82, 2.24) is 18.8 Å². The number of hydrogen-bond acceptors (Lipinski definition) is 4. The summed E-state index contributed by atoms with van der Waals surface area (Å²) < 4.78 is 30.5. The van der Waals surface area contributed by atoms with E-state index in [4.69, 9.17) is 0 Å². The van der Waals surface area contributed by atoms with E-state index >= 15 is 0 Å². The van der Waals surface area contributed by atoms with E-state index in [9.17, 15) is 18.0 Å². The Balaban J connectivity index is 1.28. The summed E-state index contributed by atoms with van der Waals surface area (Å²) in [6.45, 7) is 4.43. The fourth-order valence-corrected chi connectivity index (χ4v) is 6.07. The lowest BCUT2D eigenvalue weighted by Crippen LogP contribution is -2.41. The Morgan fingerprint density at radius 1 is 0.941 bits per heavy atom. The highest BCUT2D eigenvalue weighted by Gasteiger charge is 2.29. The smallest absolute Gasteiger partial charge is 0.329 e. The van der Waals surface area contributed by atoms with Gasteiger partial charge in [0.25, 0.3) is 0 Å². The summed E-state index contributed by atoms with van der Waals surface area (Å²) in [5.74, 6) is 0.138. The lowest BCUT2D eigenvalue weighted by molar-refractivity contribution is -0.121. The van der Waals surface area contributed by atoms with Gasteiger partial charge in [0.1, 0.15) is 0 Å². The number of hydrogen-bond donors (Lipinski definition) is 1. The number of fused-ring (bicyclic) bond motifs is 1. The third-order valence-corrected chi connectivity index (χ3v) is 8.39. The highest BCUT2D eigenvalue weighted by atomic mass is 32.2. The van der Waals surface area contributed by atoms with Crippen molar-refractivity contribution in [2.75, 3.05) is 19.6 Å². The summed E-state index contributed by atoms with van der Waals surface area (Å²) in [7, 11) is -3.47. The SMILES string of the molecule is CCCn1c(=O)n(CCC(=O)NCC2CCN(S(=O)(=O)c3ccccc3)CC2)c2ccccc21. The molecule has 0 aliphatic carbocycles. The molecule has 1 aromatic heterocycles. The number of amides is 1. The molecule has 0 saturated carbocycles. The molecule has 0 spiro atoms. The normalized spacial score (nSPS) is 15.6. The minimum atomic E-state index is -3.47. The third kappa shape index (κ3) is 5.10. The number of aromatic nitrogens is 2. The average molecular weight is 485 g/mol. The minimum Gasteiger partial charge on any atom is -0.356 e. The number of nitrogens with zero attached hydrogens (tertiary/aromatic N) is 3. The number of para-hydroxylation sites is 2. The number of rotatable bonds is 9. The highest BCUT2D eigenvalue weighted by molar-refractivity contribution is 7.89. The van der Waals surface area contributed by atoms with Gasteiger partial charge in [0.05, 0.1) is 15.9 Å². The zero-order valence-corrected chi connectivity index (χ0v) is 20.3. The van der Waals surface area contributed by atoms with E-state index in [-0.39, 0.29) is 23.9 Å². The van der Waals surface area contributed by atoms with Crippen LogP contribution in [0.4, 0.5) is 0 Å². The van der Waals surface area contributed by atoms with Gasteiger partial charge in [-0.25, -0.2) is 13.2 Å². The Morgan fingerprint density at radius 3 is 2.15 bits per heavy atom. The van der Waals surface area contributed by atoms with Gasteiger partial charge >= 0.3 is 5.69 Å². The Kier molecular flexibility index (Phi) is 7.53. The van der Waals surface area contributed by atoms with Crippen LogP contribution in [0.5, 0.6) is 0 Å². The molecule has 2 aromatic carbocycles. The van der Waals surface area contributed by atoms with E-state index in [1.807, 2.05) is 31.2 Å². The molecule has 1 amide bonds. The third-order valence-electron chi connectivity index (χ3n) is 6.48. The van der Waals surface area contributed by atoms with Crippen LogP contribution in [0.15, 0.2) is 64.3 Å². The molecule has 8 nitrogen and oxygen atoms in total. The van der Waals surface area contributed by atoms with Crippen LogP contribution >= 0.6 is 0 Å².